The molecule has 0 radical (unpaired) electrons. The fraction of sp³-hybridized carbons (Fsp3) is 0.900. The number of aliphatic hydroxyl groups excluding tert-OH is 1. The number of nitrogens with zero attached hydrogens (tertiary/aromatic N) is 1. The van der Waals surface area contributed by atoms with Crippen molar-refractivity contribution >= 4 is 0 Å². The smallest absolute Gasteiger partial charge is 0.107 e. The molecule has 2 saturated heterocycles. The summed E-state index contributed by atoms with van der Waals surface area (Å²) in [5.74, 6) is 1.02. The summed E-state index contributed by atoms with van der Waals surface area (Å²) in [5.41, 5.74) is 0.119. The Morgan fingerprint density at radius 3 is 2.61 bits per heavy atom. The molecule has 1 saturated carbocycles. The first-order valence-corrected chi connectivity index (χ1v) is 9.52. The van der Waals surface area contributed by atoms with Crippen molar-refractivity contribution in [2.75, 3.05) is 6.54 Å². The second kappa shape index (κ2) is 4.83. The monoisotopic (exact) mass is 319 g/mol. The minimum absolute atomic E-state index is 0.0103. The molecule has 0 aromatic rings. The van der Waals surface area contributed by atoms with Gasteiger partial charge in [0.25, 0.3) is 0 Å². The summed E-state index contributed by atoms with van der Waals surface area (Å²) >= 11 is 0. The molecule has 0 aromatic heterocycles. The van der Waals surface area contributed by atoms with E-state index in [9.17, 15) is 5.11 Å². The summed E-state index contributed by atoms with van der Waals surface area (Å²) in [6, 6.07) is 0.485. The molecule has 130 valence electrons. The van der Waals surface area contributed by atoms with Crippen LogP contribution < -0.4 is 0 Å². The van der Waals surface area contributed by atoms with Crippen LogP contribution in [0.15, 0.2) is 12.2 Å². The maximum Gasteiger partial charge on any atom is 0.107 e. The van der Waals surface area contributed by atoms with E-state index >= 15 is 0 Å². The lowest BCUT2D eigenvalue weighted by molar-refractivity contribution is -0.0602. The van der Waals surface area contributed by atoms with E-state index in [1.165, 1.54) is 6.42 Å². The van der Waals surface area contributed by atoms with Gasteiger partial charge in [0.05, 0.1) is 12.2 Å². The molecule has 4 rings (SSSR count). The maximum atomic E-state index is 10.7. The van der Waals surface area contributed by atoms with Crippen molar-refractivity contribution in [3.8, 4) is 0 Å². The van der Waals surface area contributed by atoms with E-state index in [0.717, 1.165) is 25.8 Å². The summed E-state index contributed by atoms with van der Waals surface area (Å²) in [7, 11) is 0. The molecule has 2 bridgehead atoms. The fourth-order valence-electron chi connectivity index (χ4n) is 6.26. The van der Waals surface area contributed by atoms with Gasteiger partial charge in [0.15, 0.2) is 0 Å². The highest BCUT2D eigenvalue weighted by Crippen LogP contribution is 2.61. The fourth-order valence-corrected chi connectivity index (χ4v) is 6.26. The van der Waals surface area contributed by atoms with Crippen molar-refractivity contribution in [3.63, 3.8) is 0 Å². The summed E-state index contributed by atoms with van der Waals surface area (Å²) in [5, 5.41) is 10.7. The van der Waals surface area contributed by atoms with Crippen LogP contribution in [0.4, 0.5) is 0 Å². The lowest BCUT2D eigenvalue weighted by Crippen LogP contribution is -2.57. The summed E-state index contributed by atoms with van der Waals surface area (Å²) in [6.45, 7) is 12.7. The summed E-state index contributed by atoms with van der Waals surface area (Å²) in [6.07, 6.45) is 9.25. The molecule has 1 N–H and O–H groups in total. The molecule has 3 fully saturated rings. The van der Waals surface area contributed by atoms with Crippen LogP contribution in [0.5, 0.6) is 0 Å². The molecule has 3 aliphatic heterocycles. The second-order valence-corrected chi connectivity index (χ2v) is 9.58. The summed E-state index contributed by atoms with van der Waals surface area (Å²) in [4.78, 5) is 2.66. The molecule has 0 aromatic carbocycles. The molecule has 7 atom stereocenters. The summed E-state index contributed by atoms with van der Waals surface area (Å²) < 4.78 is 6.40. The Balaban J connectivity index is 1.62. The van der Waals surface area contributed by atoms with Crippen LogP contribution >= 0.6 is 0 Å². The highest BCUT2D eigenvalue weighted by Gasteiger charge is 2.68. The number of likely N-dealkylation sites (tertiary alicyclic amines) is 1. The molecule has 1 spiro atoms. The van der Waals surface area contributed by atoms with Crippen LogP contribution in [0.25, 0.3) is 0 Å². The van der Waals surface area contributed by atoms with Crippen LogP contribution in [0, 0.1) is 17.3 Å². The Morgan fingerprint density at radius 2 is 2.00 bits per heavy atom. The van der Waals surface area contributed by atoms with Crippen LogP contribution in [0.2, 0.25) is 0 Å². The van der Waals surface area contributed by atoms with E-state index in [0.29, 0.717) is 24.0 Å². The molecule has 3 heterocycles. The molecule has 0 unspecified atom stereocenters. The van der Waals surface area contributed by atoms with Crippen LogP contribution in [0.3, 0.4) is 0 Å². The minimum Gasteiger partial charge on any atom is -0.393 e. The zero-order chi connectivity index (χ0) is 16.6. The third kappa shape index (κ3) is 1.99. The van der Waals surface area contributed by atoms with Gasteiger partial charge in [0, 0.05) is 29.5 Å². The molecule has 23 heavy (non-hydrogen) atoms. The molecule has 0 amide bonds. The van der Waals surface area contributed by atoms with E-state index < -0.39 is 0 Å². The number of hydrogen-bond acceptors (Lipinski definition) is 3. The van der Waals surface area contributed by atoms with Gasteiger partial charge in [-0.1, -0.05) is 32.4 Å². The van der Waals surface area contributed by atoms with Gasteiger partial charge in [0.2, 0.25) is 0 Å². The van der Waals surface area contributed by atoms with Crippen molar-refractivity contribution in [2.24, 2.45) is 17.3 Å². The third-order valence-corrected chi connectivity index (χ3v) is 8.05. The van der Waals surface area contributed by atoms with E-state index in [1.807, 2.05) is 0 Å². The van der Waals surface area contributed by atoms with Gasteiger partial charge >= 0.3 is 0 Å². The van der Waals surface area contributed by atoms with Crippen LogP contribution in [-0.2, 0) is 4.74 Å². The van der Waals surface area contributed by atoms with E-state index in [-0.39, 0.29) is 22.7 Å². The Hall–Kier alpha value is -0.380. The van der Waals surface area contributed by atoms with Gasteiger partial charge in [-0.25, -0.2) is 0 Å². The Bertz CT molecular complexity index is 530. The van der Waals surface area contributed by atoms with Crippen LogP contribution in [-0.4, -0.2) is 45.9 Å². The first-order valence-electron chi connectivity index (χ1n) is 9.52. The van der Waals surface area contributed by atoms with E-state index in [2.05, 4.69) is 51.7 Å². The van der Waals surface area contributed by atoms with E-state index in [1.54, 1.807) is 0 Å². The maximum absolute atomic E-state index is 10.7. The molecule has 3 nitrogen and oxygen atoms in total. The standard InChI is InChI=1S/C20H33NO2/c1-13-6-7-16(17(22)10-13)18(3,4)21-12-20-9-8-15(23-20)11-19(20,5)14(21)2/h8-9,13-17,22H,6-7,10-12H2,1-5H3/t13-,14+,15-,16-,17-,19+,20-/m1/s1. The van der Waals surface area contributed by atoms with Crippen molar-refractivity contribution in [3.05, 3.63) is 12.2 Å². The quantitative estimate of drug-likeness (QED) is 0.792. The number of rotatable bonds is 2. The van der Waals surface area contributed by atoms with Crippen molar-refractivity contribution in [1.29, 1.82) is 0 Å². The number of aliphatic hydroxyl groups is 1. The highest BCUT2D eigenvalue weighted by molar-refractivity contribution is 5.31. The van der Waals surface area contributed by atoms with Crippen molar-refractivity contribution < 1.29 is 9.84 Å². The van der Waals surface area contributed by atoms with Crippen LogP contribution in [0.1, 0.15) is 60.3 Å². The first kappa shape index (κ1) is 16.1. The average Bonchev–Trinajstić information content (AvgIpc) is 3.05. The van der Waals surface area contributed by atoms with Gasteiger partial charge < -0.3 is 9.84 Å². The second-order valence-electron chi connectivity index (χ2n) is 9.58. The number of hydrogen-bond donors (Lipinski definition) is 1. The predicted molar refractivity (Wildman–Crippen MR) is 92.2 cm³/mol. The topological polar surface area (TPSA) is 32.7 Å². The van der Waals surface area contributed by atoms with E-state index in [4.69, 9.17) is 4.74 Å². The number of fused-ring (bicyclic) bond motifs is 1. The Morgan fingerprint density at radius 1 is 1.26 bits per heavy atom. The van der Waals surface area contributed by atoms with Gasteiger partial charge in [-0.15, -0.1) is 0 Å². The van der Waals surface area contributed by atoms with Crippen molar-refractivity contribution in [2.45, 2.75) is 89.7 Å². The normalized spacial score (nSPS) is 53.0. The largest absolute Gasteiger partial charge is 0.393 e. The van der Waals surface area contributed by atoms with Gasteiger partial charge in [0.1, 0.15) is 5.60 Å². The van der Waals surface area contributed by atoms with Crippen molar-refractivity contribution in [1.82, 2.24) is 4.90 Å². The predicted octanol–water partition coefficient (Wildman–Crippen LogP) is 3.37. The Kier molecular flexibility index (Phi) is 3.38. The lowest BCUT2D eigenvalue weighted by atomic mass is 9.68. The Labute approximate surface area is 141 Å². The zero-order valence-electron chi connectivity index (χ0n) is 15.4. The third-order valence-electron chi connectivity index (χ3n) is 8.05. The number of ether oxygens (including phenoxy) is 1. The zero-order valence-corrected chi connectivity index (χ0v) is 15.4. The molecule has 3 heteroatoms. The molecular weight excluding hydrogens is 286 g/mol. The van der Waals surface area contributed by atoms with Gasteiger partial charge in [-0.3, -0.25) is 4.90 Å². The van der Waals surface area contributed by atoms with Gasteiger partial charge in [-0.2, -0.15) is 0 Å². The average molecular weight is 319 g/mol. The molecular formula is C20H33NO2. The highest BCUT2D eigenvalue weighted by atomic mass is 16.5. The lowest BCUT2D eigenvalue weighted by Gasteiger charge is -2.49. The molecule has 1 aliphatic carbocycles. The first-order chi connectivity index (χ1) is 10.7. The minimum atomic E-state index is -0.167. The van der Waals surface area contributed by atoms with Gasteiger partial charge in [-0.05, 0) is 46.0 Å². The SMILES string of the molecule is C[C@@H]1CC[C@@H](C(C)(C)N2C[C@]34C=C[C@H](C[C@@]3(C)[C@@H]2C)O4)[C@H](O)C1. The molecule has 4 aliphatic rings.